The number of halogens is 1. The molecule has 92 valence electrons. The topological polar surface area (TPSA) is 66.4 Å². The van der Waals surface area contributed by atoms with Crippen molar-refractivity contribution >= 4 is 11.9 Å². The van der Waals surface area contributed by atoms with Crippen molar-refractivity contribution in [1.82, 2.24) is 5.32 Å². The maximum atomic E-state index is 12.6. The molecule has 4 nitrogen and oxygen atoms in total. The smallest absolute Gasteiger partial charge is 0.316 e. The fraction of sp³-hybridized carbons (Fsp3) is 0.333. The van der Waals surface area contributed by atoms with Crippen LogP contribution in [0, 0.1) is 11.7 Å². The molecule has 1 amide bonds. The van der Waals surface area contributed by atoms with Crippen LogP contribution in [0.1, 0.15) is 18.9 Å². The summed E-state index contributed by atoms with van der Waals surface area (Å²) >= 11 is 0. The highest BCUT2D eigenvalue weighted by Crippen LogP contribution is 2.05. The van der Waals surface area contributed by atoms with Crippen LogP contribution in [0.3, 0.4) is 0 Å². The number of nitrogens with one attached hydrogen (secondary N) is 1. The third-order valence-electron chi connectivity index (χ3n) is 2.40. The van der Waals surface area contributed by atoms with Gasteiger partial charge in [0, 0.05) is 6.54 Å². The van der Waals surface area contributed by atoms with Crippen molar-refractivity contribution in [2.75, 3.05) is 0 Å². The Balaban J connectivity index is 2.53. The number of carbonyl (C=O) groups excluding carboxylic acids is 1. The summed E-state index contributed by atoms with van der Waals surface area (Å²) in [6.45, 7) is 1.83. The normalized spacial score (nSPS) is 11.9. The van der Waals surface area contributed by atoms with Crippen molar-refractivity contribution in [1.29, 1.82) is 0 Å². The summed E-state index contributed by atoms with van der Waals surface area (Å²) in [6.07, 6.45) is 0.241. The Morgan fingerprint density at radius 2 is 1.94 bits per heavy atom. The van der Waals surface area contributed by atoms with E-state index >= 15 is 0 Å². The van der Waals surface area contributed by atoms with Crippen LogP contribution in [-0.4, -0.2) is 17.0 Å². The first-order valence-electron chi connectivity index (χ1n) is 5.29. The van der Waals surface area contributed by atoms with Crippen molar-refractivity contribution < 1.29 is 19.1 Å². The summed E-state index contributed by atoms with van der Waals surface area (Å²) in [7, 11) is 0. The molecule has 0 aromatic heterocycles. The number of carboxylic acid groups (broad SMARTS) is 1. The van der Waals surface area contributed by atoms with Crippen LogP contribution in [-0.2, 0) is 16.1 Å². The van der Waals surface area contributed by atoms with Crippen molar-refractivity contribution in [3.05, 3.63) is 35.6 Å². The molecule has 0 aliphatic heterocycles. The molecule has 0 bridgehead atoms. The second-order valence-electron chi connectivity index (χ2n) is 3.64. The quantitative estimate of drug-likeness (QED) is 0.766. The van der Waals surface area contributed by atoms with Crippen LogP contribution in [0.4, 0.5) is 4.39 Å². The molecule has 1 aromatic rings. The highest BCUT2D eigenvalue weighted by Gasteiger charge is 2.23. The summed E-state index contributed by atoms with van der Waals surface area (Å²) in [4.78, 5) is 22.2. The fourth-order valence-corrected chi connectivity index (χ4v) is 1.39. The van der Waals surface area contributed by atoms with Gasteiger partial charge in [0.1, 0.15) is 11.7 Å². The maximum Gasteiger partial charge on any atom is 0.316 e. The lowest BCUT2D eigenvalue weighted by Crippen LogP contribution is -2.34. The number of amides is 1. The summed E-state index contributed by atoms with van der Waals surface area (Å²) in [5, 5.41) is 11.3. The van der Waals surface area contributed by atoms with Gasteiger partial charge in [-0.05, 0) is 24.1 Å². The van der Waals surface area contributed by atoms with Gasteiger partial charge in [0.15, 0.2) is 0 Å². The van der Waals surface area contributed by atoms with Gasteiger partial charge in [-0.2, -0.15) is 0 Å². The zero-order chi connectivity index (χ0) is 12.8. The number of rotatable bonds is 5. The van der Waals surface area contributed by atoms with E-state index in [2.05, 4.69) is 5.32 Å². The number of carboxylic acids is 1. The Bertz CT molecular complexity index is 403. The minimum atomic E-state index is -1.14. The molecule has 0 fully saturated rings. The Labute approximate surface area is 98.5 Å². The van der Waals surface area contributed by atoms with Gasteiger partial charge in [-0.15, -0.1) is 0 Å². The molecule has 1 aromatic carbocycles. The minimum absolute atomic E-state index is 0.197. The predicted molar refractivity (Wildman–Crippen MR) is 59.7 cm³/mol. The molecule has 0 spiro atoms. The van der Waals surface area contributed by atoms with Crippen molar-refractivity contribution in [3.8, 4) is 0 Å². The van der Waals surface area contributed by atoms with Gasteiger partial charge in [0.05, 0.1) is 0 Å². The van der Waals surface area contributed by atoms with E-state index in [-0.39, 0.29) is 18.8 Å². The molecule has 0 radical (unpaired) electrons. The van der Waals surface area contributed by atoms with E-state index in [1.165, 1.54) is 24.3 Å². The van der Waals surface area contributed by atoms with E-state index in [4.69, 9.17) is 5.11 Å². The summed E-state index contributed by atoms with van der Waals surface area (Å²) < 4.78 is 12.6. The van der Waals surface area contributed by atoms with Gasteiger partial charge >= 0.3 is 5.97 Å². The van der Waals surface area contributed by atoms with Crippen LogP contribution < -0.4 is 5.32 Å². The number of aliphatic carboxylic acids is 1. The van der Waals surface area contributed by atoms with E-state index < -0.39 is 17.8 Å². The van der Waals surface area contributed by atoms with Gasteiger partial charge in [0.2, 0.25) is 5.91 Å². The lowest BCUT2D eigenvalue weighted by Gasteiger charge is -2.10. The highest BCUT2D eigenvalue weighted by molar-refractivity contribution is 5.96. The number of hydrogen-bond acceptors (Lipinski definition) is 2. The Kier molecular flexibility index (Phi) is 4.63. The van der Waals surface area contributed by atoms with E-state index in [0.717, 1.165) is 5.56 Å². The molecule has 0 aliphatic carbocycles. The molecule has 0 aliphatic rings. The van der Waals surface area contributed by atoms with E-state index in [1.54, 1.807) is 6.92 Å². The van der Waals surface area contributed by atoms with Gasteiger partial charge in [-0.3, -0.25) is 9.59 Å². The molecular weight excluding hydrogens is 225 g/mol. The molecule has 0 saturated heterocycles. The third-order valence-corrected chi connectivity index (χ3v) is 2.40. The average molecular weight is 239 g/mol. The maximum absolute atomic E-state index is 12.6. The fourth-order valence-electron chi connectivity index (χ4n) is 1.39. The second kappa shape index (κ2) is 5.98. The predicted octanol–water partition coefficient (Wildman–Crippen LogP) is 1.55. The van der Waals surface area contributed by atoms with Crippen LogP contribution >= 0.6 is 0 Å². The molecule has 1 atom stereocenters. The molecule has 5 heteroatoms. The number of carbonyl (C=O) groups is 2. The molecule has 17 heavy (non-hydrogen) atoms. The van der Waals surface area contributed by atoms with Crippen LogP contribution in [0.5, 0.6) is 0 Å². The Morgan fingerprint density at radius 1 is 1.35 bits per heavy atom. The minimum Gasteiger partial charge on any atom is -0.481 e. The summed E-state index contributed by atoms with van der Waals surface area (Å²) in [6, 6.07) is 5.65. The van der Waals surface area contributed by atoms with E-state index in [9.17, 15) is 14.0 Å². The molecule has 1 rings (SSSR count). The monoisotopic (exact) mass is 239 g/mol. The highest BCUT2D eigenvalue weighted by atomic mass is 19.1. The molecule has 2 N–H and O–H groups in total. The molecule has 0 heterocycles. The van der Waals surface area contributed by atoms with Gasteiger partial charge in [0.25, 0.3) is 0 Å². The first-order chi connectivity index (χ1) is 8.04. The molecule has 0 saturated carbocycles. The van der Waals surface area contributed by atoms with Gasteiger partial charge < -0.3 is 10.4 Å². The third kappa shape index (κ3) is 3.86. The second-order valence-corrected chi connectivity index (χ2v) is 3.64. The van der Waals surface area contributed by atoms with Crippen molar-refractivity contribution in [3.63, 3.8) is 0 Å². The lowest BCUT2D eigenvalue weighted by atomic mass is 10.1. The van der Waals surface area contributed by atoms with Gasteiger partial charge in [-0.25, -0.2) is 4.39 Å². The lowest BCUT2D eigenvalue weighted by molar-refractivity contribution is -0.147. The van der Waals surface area contributed by atoms with Crippen LogP contribution in [0.15, 0.2) is 24.3 Å². The Hall–Kier alpha value is -1.91. The number of hydrogen-bond donors (Lipinski definition) is 2. The first-order valence-corrected chi connectivity index (χ1v) is 5.29. The standard InChI is InChI=1S/C12H14FNO3/c1-2-10(12(16)17)11(15)14-7-8-3-5-9(13)6-4-8/h3-6,10H,2,7H2,1H3,(H,14,15)(H,16,17). The number of benzene rings is 1. The van der Waals surface area contributed by atoms with Crippen LogP contribution in [0.2, 0.25) is 0 Å². The SMILES string of the molecule is CCC(C(=O)O)C(=O)NCc1ccc(F)cc1. The van der Waals surface area contributed by atoms with Crippen LogP contribution in [0.25, 0.3) is 0 Å². The zero-order valence-corrected chi connectivity index (χ0v) is 9.44. The summed E-state index contributed by atoms with van der Waals surface area (Å²) in [5.74, 6) is -3.04. The molecule has 1 unspecified atom stereocenters. The average Bonchev–Trinajstić information content (AvgIpc) is 2.28. The summed E-state index contributed by atoms with van der Waals surface area (Å²) in [5.41, 5.74) is 0.722. The first kappa shape index (κ1) is 13.2. The van der Waals surface area contributed by atoms with Gasteiger partial charge in [-0.1, -0.05) is 19.1 Å². The largest absolute Gasteiger partial charge is 0.481 e. The molecular formula is C12H14FNO3. The van der Waals surface area contributed by atoms with E-state index in [0.29, 0.717) is 0 Å². The van der Waals surface area contributed by atoms with Crippen molar-refractivity contribution in [2.24, 2.45) is 5.92 Å². The van der Waals surface area contributed by atoms with E-state index in [1.807, 2.05) is 0 Å². The van der Waals surface area contributed by atoms with Crippen molar-refractivity contribution in [2.45, 2.75) is 19.9 Å². The zero-order valence-electron chi connectivity index (χ0n) is 9.44. The Morgan fingerprint density at radius 3 is 2.41 bits per heavy atom.